The molecule has 0 radical (unpaired) electrons. The molecular weight excluding hydrogens is 362 g/mol. The number of carbonyl (C=O) groups is 1. The van der Waals surface area contributed by atoms with Crippen molar-refractivity contribution in [2.45, 2.75) is 12.8 Å². The molecule has 0 spiro atoms. The number of nitrogens with zero attached hydrogens (tertiary/aromatic N) is 1. The fourth-order valence-corrected chi connectivity index (χ4v) is 3.22. The number of anilines is 3. The molecule has 0 amide bonds. The second-order valence-electron chi connectivity index (χ2n) is 6.51. The number of aldehydes is 1. The van der Waals surface area contributed by atoms with Crippen molar-refractivity contribution < 1.29 is 14.3 Å². The molecule has 0 fully saturated rings. The highest BCUT2D eigenvalue weighted by Gasteiger charge is 2.24. The van der Waals surface area contributed by atoms with E-state index in [1.165, 1.54) is 11.6 Å². The average molecular weight is 387 g/mol. The van der Waals surface area contributed by atoms with Crippen LogP contribution in [0.2, 0.25) is 0 Å². The van der Waals surface area contributed by atoms with Crippen LogP contribution in [0.15, 0.2) is 85.5 Å². The van der Waals surface area contributed by atoms with E-state index in [0.29, 0.717) is 6.29 Å². The molecule has 4 rings (SSSR count). The lowest BCUT2D eigenvalue weighted by Crippen LogP contribution is -2.15. The quantitative estimate of drug-likeness (QED) is 0.224. The van der Waals surface area contributed by atoms with E-state index in [9.17, 15) is 0 Å². The summed E-state index contributed by atoms with van der Waals surface area (Å²) >= 11 is 0. The number of rotatable bonds is 6. The van der Waals surface area contributed by atoms with Gasteiger partial charge in [-0.05, 0) is 60.9 Å². The lowest BCUT2D eigenvalue weighted by molar-refractivity contribution is -0.104. The maximum absolute atomic E-state index is 9.06. The molecule has 4 heteroatoms. The van der Waals surface area contributed by atoms with E-state index in [1.807, 2.05) is 36.4 Å². The molecular formula is C25H25NO3. The summed E-state index contributed by atoms with van der Waals surface area (Å²) < 4.78 is 11.2. The van der Waals surface area contributed by atoms with Crippen LogP contribution in [0.5, 0.6) is 11.5 Å². The van der Waals surface area contributed by atoms with Gasteiger partial charge >= 0.3 is 0 Å². The second kappa shape index (κ2) is 10.2. The topological polar surface area (TPSA) is 38.8 Å². The molecule has 4 nitrogen and oxygen atoms in total. The van der Waals surface area contributed by atoms with E-state index in [0.717, 1.165) is 48.0 Å². The smallest absolute Gasteiger partial charge is 0.151 e. The van der Waals surface area contributed by atoms with E-state index in [2.05, 4.69) is 47.9 Å². The zero-order valence-corrected chi connectivity index (χ0v) is 16.6. The van der Waals surface area contributed by atoms with Crippen LogP contribution in [0.4, 0.5) is 17.1 Å². The molecule has 0 N–H and O–H groups in total. The van der Waals surface area contributed by atoms with Crippen LogP contribution in [-0.4, -0.2) is 20.0 Å². The van der Waals surface area contributed by atoms with Crippen LogP contribution in [0.1, 0.15) is 12.0 Å². The van der Waals surface area contributed by atoms with Crippen molar-refractivity contribution in [3.05, 3.63) is 91.0 Å². The molecule has 1 heterocycles. The standard InChI is InChI=1S/C22H21NO2.C3H4O/c1-24-16-6-7-17-12-14-18(15-13-17)23-19-8-2-4-10-21(19)25-22-11-5-3-9-20(22)23;1-2-3-4/h2-5,8-15H,6-7,16H2,1H3;2-3H,1H2. The van der Waals surface area contributed by atoms with E-state index in [-0.39, 0.29) is 0 Å². The molecule has 0 bridgehead atoms. The fraction of sp³-hybridized carbons (Fsp3) is 0.160. The molecule has 1 aliphatic rings. The lowest BCUT2D eigenvalue weighted by Gasteiger charge is -2.32. The van der Waals surface area contributed by atoms with Crippen molar-refractivity contribution in [1.82, 2.24) is 0 Å². The van der Waals surface area contributed by atoms with Crippen molar-refractivity contribution in [2.24, 2.45) is 0 Å². The Balaban J connectivity index is 0.000000552. The van der Waals surface area contributed by atoms with Crippen LogP contribution < -0.4 is 9.64 Å². The van der Waals surface area contributed by atoms with Crippen LogP contribution >= 0.6 is 0 Å². The Hall–Kier alpha value is -3.37. The molecule has 0 saturated heterocycles. The Morgan fingerprint density at radius 2 is 1.48 bits per heavy atom. The number of hydrogen-bond acceptors (Lipinski definition) is 4. The maximum Gasteiger partial charge on any atom is 0.151 e. The third kappa shape index (κ3) is 4.92. The Kier molecular flexibility index (Phi) is 7.20. The summed E-state index contributed by atoms with van der Waals surface area (Å²) in [7, 11) is 1.75. The number of methoxy groups -OCH3 is 1. The Morgan fingerprint density at radius 3 is 2.00 bits per heavy atom. The summed E-state index contributed by atoms with van der Waals surface area (Å²) in [6, 6.07) is 25.1. The van der Waals surface area contributed by atoms with Crippen LogP contribution in [-0.2, 0) is 16.0 Å². The monoisotopic (exact) mass is 387 g/mol. The number of para-hydroxylation sites is 4. The molecule has 0 aromatic heterocycles. The summed E-state index contributed by atoms with van der Waals surface area (Å²) in [5.74, 6) is 1.76. The minimum atomic E-state index is 0.639. The molecule has 148 valence electrons. The first kappa shape index (κ1) is 20.4. The first-order valence-corrected chi connectivity index (χ1v) is 9.58. The number of benzene rings is 3. The Morgan fingerprint density at radius 1 is 0.931 bits per heavy atom. The van der Waals surface area contributed by atoms with Crippen LogP contribution in [0.25, 0.3) is 0 Å². The molecule has 3 aromatic carbocycles. The van der Waals surface area contributed by atoms with Gasteiger partial charge in [0.05, 0.1) is 11.4 Å². The van der Waals surface area contributed by atoms with Gasteiger partial charge in [0.2, 0.25) is 0 Å². The van der Waals surface area contributed by atoms with E-state index in [1.54, 1.807) is 7.11 Å². The van der Waals surface area contributed by atoms with Crippen molar-refractivity contribution in [1.29, 1.82) is 0 Å². The van der Waals surface area contributed by atoms with Crippen molar-refractivity contribution >= 4 is 23.3 Å². The van der Waals surface area contributed by atoms with Gasteiger partial charge in [0.1, 0.15) is 6.29 Å². The normalized spacial score (nSPS) is 11.3. The van der Waals surface area contributed by atoms with Gasteiger partial charge in [-0.3, -0.25) is 4.79 Å². The van der Waals surface area contributed by atoms with Gasteiger partial charge in [-0.15, -0.1) is 0 Å². The van der Waals surface area contributed by atoms with E-state index >= 15 is 0 Å². The van der Waals surface area contributed by atoms with Crippen LogP contribution in [0, 0.1) is 0 Å². The number of carbonyl (C=O) groups excluding carboxylic acids is 1. The SMILES string of the molecule is C=CC=O.COCCCc1ccc(N2c3ccccc3Oc3ccccc32)cc1. The Bertz CT molecular complexity index is 899. The third-order valence-electron chi connectivity index (χ3n) is 4.54. The van der Waals surface area contributed by atoms with Gasteiger partial charge in [-0.25, -0.2) is 0 Å². The van der Waals surface area contributed by atoms with Gasteiger partial charge in [0.15, 0.2) is 11.5 Å². The van der Waals surface area contributed by atoms with Gasteiger partial charge in [-0.1, -0.05) is 43.0 Å². The average Bonchev–Trinajstić information content (AvgIpc) is 2.78. The predicted molar refractivity (Wildman–Crippen MR) is 118 cm³/mol. The summed E-state index contributed by atoms with van der Waals surface area (Å²) in [6.07, 6.45) is 3.91. The molecule has 0 saturated carbocycles. The second-order valence-corrected chi connectivity index (χ2v) is 6.51. The van der Waals surface area contributed by atoms with Crippen molar-refractivity contribution in [2.75, 3.05) is 18.6 Å². The fourth-order valence-electron chi connectivity index (χ4n) is 3.22. The first-order valence-electron chi connectivity index (χ1n) is 9.58. The van der Waals surface area contributed by atoms with E-state index in [4.69, 9.17) is 14.3 Å². The van der Waals surface area contributed by atoms with Crippen molar-refractivity contribution in [3.63, 3.8) is 0 Å². The molecule has 0 atom stereocenters. The van der Waals surface area contributed by atoms with Gasteiger partial charge < -0.3 is 14.4 Å². The van der Waals surface area contributed by atoms with Crippen LogP contribution in [0.3, 0.4) is 0 Å². The third-order valence-corrected chi connectivity index (χ3v) is 4.54. The molecule has 29 heavy (non-hydrogen) atoms. The molecule has 0 aliphatic carbocycles. The predicted octanol–water partition coefficient (Wildman–Crippen LogP) is 6.21. The largest absolute Gasteiger partial charge is 0.453 e. The highest BCUT2D eigenvalue weighted by Crippen LogP contribution is 2.49. The highest BCUT2D eigenvalue weighted by molar-refractivity contribution is 5.86. The number of allylic oxidation sites excluding steroid dienone is 1. The lowest BCUT2D eigenvalue weighted by atomic mass is 10.1. The molecule has 3 aromatic rings. The van der Waals surface area contributed by atoms with Gasteiger partial charge in [-0.2, -0.15) is 0 Å². The zero-order chi connectivity index (χ0) is 20.5. The molecule has 1 aliphatic heterocycles. The van der Waals surface area contributed by atoms with Crippen molar-refractivity contribution in [3.8, 4) is 11.5 Å². The molecule has 0 unspecified atom stereocenters. The number of ether oxygens (including phenoxy) is 2. The minimum Gasteiger partial charge on any atom is -0.453 e. The summed E-state index contributed by atoms with van der Waals surface area (Å²) in [5, 5.41) is 0. The summed E-state index contributed by atoms with van der Waals surface area (Å²) in [6.45, 7) is 3.91. The minimum absolute atomic E-state index is 0.639. The summed E-state index contributed by atoms with van der Waals surface area (Å²) in [5.41, 5.74) is 4.59. The zero-order valence-electron chi connectivity index (χ0n) is 16.6. The number of aryl methyl sites for hydroxylation is 1. The summed E-state index contributed by atoms with van der Waals surface area (Å²) in [4.78, 5) is 11.3. The highest BCUT2D eigenvalue weighted by atomic mass is 16.5. The van der Waals surface area contributed by atoms with Gasteiger partial charge in [0, 0.05) is 19.4 Å². The number of hydrogen-bond donors (Lipinski definition) is 0. The number of fused-ring (bicyclic) bond motifs is 2. The maximum atomic E-state index is 9.06. The van der Waals surface area contributed by atoms with Gasteiger partial charge in [0.25, 0.3) is 0 Å². The Labute approximate surface area is 172 Å². The van der Waals surface area contributed by atoms with E-state index < -0.39 is 0 Å². The first-order chi connectivity index (χ1) is 14.3.